The highest BCUT2D eigenvalue weighted by Gasteiger charge is 2.33. The summed E-state index contributed by atoms with van der Waals surface area (Å²) in [6, 6.07) is 17.7. The van der Waals surface area contributed by atoms with Crippen molar-refractivity contribution in [3.63, 3.8) is 0 Å². The van der Waals surface area contributed by atoms with E-state index in [-0.39, 0.29) is 0 Å². The van der Waals surface area contributed by atoms with Crippen LogP contribution in [0.25, 0.3) is 0 Å². The third kappa shape index (κ3) is 2.63. The normalized spacial score (nSPS) is 18.4. The third-order valence-electron chi connectivity index (χ3n) is 3.61. The standard InChI is InChI=1S/C17H19NOS/c1-17(2)12-18(13-17)14-8-10-16(11-9-14)20(19)15-6-4-3-5-7-15/h3-11H,12-13H2,1-2H3. The fraction of sp³-hybridized carbons (Fsp3) is 0.294. The van der Waals surface area contributed by atoms with Gasteiger partial charge in [-0.3, -0.25) is 0 Å². The highest BCUT2D eigenvalue weighted by Crippen LogP contribution is 2.33. The average Bonchev–Trinajstić information content (AvgIpc) is 2.45. The summed E-state index contributed by atoms with van der Waals surface area (Å²) in [4.78, 5) is 4.07. The molecule has 0 radical (unpaired) electrons. The van der Waals surface area contributed by atoms with Crippen molar-refractivity contribution in [3.05, 3.63) is 54.6 Å². The Morgan fingerprint density at radius 3 is 2.00 bits per heavy atom. The van der Waals surface area contributed by atoms with Crippen molar-refractivity contribution in [1.82, 2.24) is 0 Å². The van der Waals surface area contributed by atoms with Crippen molar-refractivity contribution >= 4 is 16.5 Å². The molecule has 1 aliphatic rings. The zero-order valence-corrected chi connectivity index (χ0v) is 12.7. The largest absolute Gasteiger partial charge is 0.370 e. The summed E-state index contributed by atoms with van der Waals surface area (Å²) in [5.41, 5.74) is 1.64. The van der Waals surface area contributed by atoms with Crippen LogP contribution in [0.4, 0.5) is 5.69 Å². The average molecular weight is 285 g/mol. The fourth-order valence-electron chi connectivity index (χ4n) is 2.63. The van der Waals surface area contributed by atoms with E-state index in [0.29, 0.717) is 5.41 Å². The van der Waals surface area contributed by atoms with Crippen LogP contribution in [0, 0.1) is 5.41 Å². The van der Waals surface area contributed by atoms with Crippen LogP contribution in [0.3, 0.4) is 0 Å². The topological polar surface area (TPSA) is 20.3 Å². The molecule has 1 saturated heterocycles. The third-order valence-corrected chi connectivity index (χ3v) is 5.01. The Labute approximate surface area is 122 Å². The van der Waals surface area contributed by atoms with E-state index < -0.39 is 10.8 Å². The van der Waals surface area contributed by atoms with Gasteiger partial charge in [0.1, 0.15) is 0 Å². The van der Waals surface area contributed by atoms with Gasteiger partial charge in [-0.1, -0.05) is 32.0 Å². The Hall–Kier alpha value is -1.61. The lowest BCUT2D eigenvalue weighted by Crippen LogP contribution is -2.53. The number of anilines is 1. The second-order valence-electron chi connectivity index (χ2n) is 6.10. The number of nitrogens with zero attached hydrogens (tertiary/aromatic N) is 1. The molecule has 20 heavy (non-hydrogen) atoms. The maximum absolute atomic E-state index is 12.4. The maximum Gasteiger partial charge on any atom is 0.0849 e. The van der Waals surface area contributed by atoms with Gasteiger partial charge in [-0.2, -0.15) is 0 Å². The molecular weight excluding hydrogens is 266 g/mol. The SMILES string of the molecule is CC1(C)CN(c2ccc(S(=O)c3ccccc3)cc2)C1. The van der Waals surface area contributed by atoms with Gasteiger partial charge in [0, 0.05) is 28.6 Å². The Kier molecular flexibility index (Phi) is 3.38. The molecular formula is C17H19NOS. The first-order chi connectivity index (χ1) is 9.55. The van der Waals surface area contributed by atoms with Crippen molar-refractivity contribution in [2.45, 2.75) is 23.6 Å². The van der Waals surface area contributed by atoms with Gasteiger partial charge in [-0.15, -0.1) is 0 Å². The lowest BCUT2D eigenvalue weighted by Gasteiger charge is -2.47. The Morgan fingerprint density at radius 2 is 1.45 bits per heavy atom. The van der Waals surface area contributed by atoms with Crippen LogP contribution < -0.4 is 4.90 Å². The second-order valence-corrected chi connectivity index (χ2v) is 7.58. The minimum Gasteiger partial charge on any atom is -0.370 e. The molecule has 1 atom stereocenters. The van der Waals surface area contributed by atoms with E-state index in [0.717, 1.165) is 22.9 Å². The summed E-state index contributed by atoms with van der Waals surface area (Å²) in [6.45, 7) is 6.74. The van der Waals surface area contributed by atoms with Gasteiger partial charge in [0.25, 0.3) is 0 Å². The van der Waals surface area contributed by atoms with E-state index in [1.54, 1.807) is 0 Å². The Balaban J connectivity index is 1.75. The van der Waals surface area contributed by atoms with Crippen LogP contribution in [0.1, 0.15) is 13.8 Å². The van der Waals surface area contributed by atoms with Gasteiger partial charge in [0.2, 0.25) is 0 Å². The first-order valence-corrected chi connectivity index (χ1v) is 8.02. The molecule has 1 unspecified atom stereocenters. The first kappa shape index (κ1) is 13.4. The van der Waals surface area contributed by atoms with Gasteiger partial charge >= 0.3 is 0 Å². The van der Waals surface area contributed by atoms with Crippen molar-refractivity contribution in [2.24, 2.45) is 5.41 Å². The zero-order valence-electron chi connectivity index (χ0n) is 11.9. The molecule has 0 saturated carbocycles. The molecule has 0 aromatic heterocycles. The number of rotatable bonds is 3. The van der Waals surface area contributed by atoms with E-state index in [9.17, 15) is 4.21 Å². The Bertz CT molecular complexity index is 611. The van der Waals surface area contributed by atoms with Gasteiger partial charge in [0.05, 0.1) is 10.8 Å². The van der Waals surface area contributed by atoms with Crippen LogP contribution >= 0.6 is 0 Å². The van der Waals surface area contributed by atoms with Crippen molar-refractivity contribution in [2.75, 3.05) is 18.0 Å². The monoisotopic (exact) mass is 285 g/mol. The molecule has 0 N–H and O–H groups in total. The van der Waals surface area contributed by atoms with Gasteiger partial charge in [0.15, 0.2) is 0 Å². The summed E-state index contributed by atoms with van der Waals surface area (Å²) in [5.74, 6) is 0. The molecule has 1 fully saturated rings. The highest BCUT2D eigenvalue weighted by molar-refractivity contribution is 7.85. The second kappa shape index (κ2) is 5.06. The minimum atomic E-state index is -1.09. The number of hydrogen-bond acceptors (Lipinski definition) is 2. The molecule has 104 valence electrons. The lowest BCUT2D eigenvalue weighted by molar-refractivity contribution is 0.276. The highest BCUT2D eigenvalue weighted by atomic mass is 32.2. The van der Waals surface area contributed by atoms with Crippen molar-refractivity contribution in [3.8, 4) is 0 Å². The van der Waals surface area contributed by atoms with Crippen LogP contribution in [-0.2, 0) is 10.8 Å². The predicted molar refractivity (Wildman–Crippen MR) is 83.6 cm³/mol. The summed E-state index contributed by atoms with van der Waals surface area (Å²) in [7, 11) is -1.09. The first-order valence-electron chi connectivity index (χ1n) is 6.87. The van der Waals surface area contributed by atoms with Crippen LogP contribution in [0.5, 0.6) is 0 Å². The summed E-state index contributed by atoms with van der Waals surface area (Å²) >= 11 is 0. The van der Waals surface area contributed by atoms with Crippen molar-refractivity contribution in [1.29, 1.82) is 0 Å². The van der Waals surface area contributed by atoms with Crippen LogP contribution in [0.2, 0.25) is 0 Å². The molecule has 0 aliphatic carbocycles. The summed E-state index contributed by atoms with van der Waals surface area (Å²) < 4.78 is 12.4. The van der Waals surface area contributed by atoms with Gasteiger partial charge < -0.3 is 4.90 Å². The molecule has 1 heterocycles. The van der Waals surface area contributed by atoms with Gasteiger partial charge in [-0.05, 0) is 41.8 Å². The molecule has 3 heteroatoms. The van der Waals surface area contributed by atoms with E-state index >= 15 is 0 Å². The number of hydrogen-bond donors (Lipinski definition) is 0. The molecule has 0 spiro atoms. The van der Waals surface area contributed by atoms with Crippen LogP contribution in [0.15, 0.2) is 64.4 Å². The van der Waals surface area contributed by atoms with E-state index in [1.165, 1.54) is 5.69 Å². The van der Waals surface area contributed by atoms with Gasteiger partial charge in [-0.25, -0.2) is 4.21 Å². The molecule has 0 amide bonds. The van der Waals surface area contributed by atoms with E-state index in [1.807, 2.05) is 42.5 Å². The zero-order chi connectivity index (χ0) is 14.2. The minimum absolute atomic E-state index is 0.422. The van der Waals surface area contributed by atoms with Crippen LogP contribution in [-0.4, -0.2) is 17.3 Å². The lowest BCUT2D eigenvalue weighted by atomic mass is 9.84. The smallest absolute Gasteiger partial charge is 0.0849 e. The number of benzene rings is 2. The molecule has 2 aromatic carbocycles. The molecule has 3 rings (SSSR count). The molecule has 2 nitrogen and oxygen atoms in total. The molecule has 0 bridgehead atoms. The Morgan fingerprint density at radius 1 is 0.900 bits per heavy atom. The van der Waals surface area contributed by atoms with Crippen molar-refractivity contribution < 1.29 is 4.21 Å². The summed E-state index contributed by atoms with van der Waals surface area (Å²) in [6.07, 6.45) is 0. The summed E-state index contributed by atoms with van der Waals surface area (Å²) in [5, 5.41) is 0. The van der Waals surface area contributed by atoms with E-state index in [4.69, 9.17) is 0 Å². The maximum atomic E-state index is 12.4. The fourth-order valence-corrected chi connectivity index (χ4v) is 3.69. The quantitative estimate of drug-likeness (QED) is 0.857. The molecule has 2 aromatic rings. The predicted octanol–water partition coefficient (Wildman–Crippen LogP) is 3.70. The van der Waals surface area contributed by atoms with E-state index in [2.05, 4.69) is 30.9 Å². The molecule has 1 aliphatic heterocycles.